The molecule has 0 aliphatic rings. The van der Waals surface area contributed by atoms with Gasteiger partial charge in [0.05, 0.1) is 7.11 Å². The van der Waals surface area contributed by atoms with Gasteiger partial charge in [-0.1, -0.05) is 67.8 Å². The fourth-order valence-corrected chi connectivity index (χ4v) is 4.16. The van der Waals surface area contributed by atoms with Gasteiger partial charge in [0.15, 0.2) is 0 Å². The van der Waals surface area contributed by atoms with Crippen molar-refractivity contribution >= 4 is 77.9 Å². The highest BCUT2D eigenvalue weighted by molar-refractivity contribution is 14.3. The molecule has 0 aromatic rings. The van der Waals surface area contributed by atoms with Crippen LogP contribution in [0.15, 0.2) is 0 Å². The zero-order valence-electron chi connectivity index (χ0n) is 4.68. The zero-order valence-corrected chi connectivity index (χ0v) is 12.0. The zero-order chi connectivity index (χ0) is 8.41. The number of hydrogen-bond donors (Lipinski definition) is 0. The lowest BCUT2D eigenvalue weighted by Crippen LogP contribution is -2.18. The van der Waals surface area contributed by atoms with Crippen molar-refractivity contribution in [2.75, 3.05) is 5.75 Å². The Morgan fingerprint density at radius 1 is 1.40 bits per heavy atom. The number of hydrogen-bond acceptors (Lipinski definition) is 3. The van der Waals surface area contributed by atoms with Crippen molar-refractivity contribution in [1.82, 2.24) is 0 Å². The van der Waals surface area contributed by atoms with E-state index in [-0.39, 0.29) is 5.19 Å². The number of alkyl halides is 3. The van der Waals surface area contributed by atoms with Gasteiger partial charge in [-0.25, -0.2) is 0 Å². The van der Waals surface area contributed by atoms with E-state index in [4.69, 9.17) is 0 Å². The summed E-state index contributed by atoms with van der Waals surface area (Å²) in [5, 5.41) is 0. The van der Waals surface area contributed by atoms with Crippen LogP contribution >= 0.6 is 67.8 Å². The van der Waals surface area contributed by atoms with Crippen molar-refractivity contribution in [3.8, 4) is 0 Å². The lowest BCUT2D eigenvalue weighted by molar-refractivity contribution is 0.439. The van der Waals surface area contributed by atoms with Gasteiger partial charge in [0.25, 0.3) is 10.1 Å². The summed E-state index contributed by atoms with van der Waals surface area (Å²) in [6, 6.07) is 0. The molecule has 0 saturated heterocycles. The lowest BCUT2D eigenvalue weighted by atomic mass is 11.0. The molecular weight excluding hydrogens is 497 g/mol. The molecule has 0 aromatic carbocycles. The molecule has 0 unspecified atom stereocenters. The first kappa shape index (κ1) is 12.1. The monoisotopic (exact) mass is 501 g/mol. The van der Waals surface area contributed by atoms with Gasteiger partial charge in [-0.3, -0.25) is 4.18 Å². The fraction of sp³-hybridized carbons (Fsp3) is 0.667. The van der Waals surface area contributed by atoms with Crippen LogP contribution in [0, 0.1) is 7.11 Å². The average molecular weight is 501 g/mol. The van der Waals surface area contributed by atoms with Crippen molar-refractivity contribution in [2.45, 2.75) is -0.565 Å². The topological polar surface area (TPSA) is 43.4 Å². The van der Waals surface area contributed by atoms with E-state index in [0.29, 0.717) is 0 Å². The highest BCUT2D eigenvalue weighted by Gasteiger charge is 2.26. The van der Waals surface area contributed by atoms with E-state index in [1.807, 2.05) is 67.8 Å². The first-order chi connectivity index (χ1) is 4.27. The lowest BCUT2D eigenvalue weighted by Gasteiger charge is -2.09. The number of halogens is 3. The quantitative estimate of drug-likeness (QED) is 0.339. The molecule has 0 amide bonds. The summed E-state index contributed by atoms with van der Waals surface area (Å²) in [5.41, 5.74) is 0. The van der Waals surface area contributed by atoms with Gasteiger partial charge in [-0.05, 0) is 0 Å². The minimum Gasteiger partial charge on any atom is -0.268 e. The van der Waals surface area contributed by atoms with Gasteiger partial charge in [-0.2, -0.15) is 8.42 Å². The second-order valence-electron chi connectivity index (χ2n) is 1.44. The smallest absolute Gasteiger partial charge is 0.268 e. The van der Waals surface area contributed by atoms with Crippen molar-refractivity contribution in [2.24, 2.45) is 0 Å². The molecule has 61 valence electrons. The van der Waals surface area contributed by atoms with Crippen molar-refractivity contribution in [3.05, 3.63) is 7.11 Å². The summed E-state index contributed by atoms with van der Waals surface area (Å²) < 4.78 is 25.1. The molecule has 0 spiro atoms. The number of rotatable bonds is 3. The summed E-state index contributed by atoms with van der Waals surface area (Å²) in [4.78, 5) is 0. The van der Waals surface area contributed by atoms with Gasteiger partial charge in [0.2, 0.25) is 0 Å². The molecule has 0 heterocycles. The highest BCUT2D eigenvalue weighted by atomic mass is 127. The molecule has 0 atom stereocenters. The molecule has 0 aliphatic heterocycles. The maximum absolute atomic E-state index is 10.7. The molecule has 0 fully saturated rings. The normalized spacial score (nSPS) is 13.6. The third-order valence-corrected chi connectivity index (χ3v) is 4.36. The molecule has 1 radical (unpaired) electrons. The van der Waals surface area contributed by atoms with Crippen LogP contribution in [0.4, 0.5) is 0 Å². The summed E-state index contributed by atoms with van der Waals surface area (Å²) in [6.45, 7) is 0. The summed E-state index contributed by atoms with van der Waals surface area (Å²) in [6.07, 6.45) is 0. The molecule has 0 aromatic heterocycles. The molecule has 0 bridgehead atoms. The Balaban J connectivity index is 4.18. The van der Waals surface area contributed by atoms with Gasteiger partial charge < -0.3 is 0 Å². The first-order valence-corrected chi connectivity index (χ1v) is 6.81. The Hall–Kier alpha value is 2.10. The van der Waals surface area contributed by atoms with Crippen LogP contribution in [0.3, 0.4) is 0 Å². The van der Waals surface area contributed by atoms with Crippen LogP contribution < -0.4 is 0 Å². The fourth-order valence-electron chi connectivity index (χ4n) is 0.242. The maximum Gasteiger partial charge on any atom is 0.270 e. The van der Waals surface area contributed by atoms with E-state index in [1.165, 1.54) is 0 Å². The molecular formula is C3H4I3O3S. The van der Waals surface area contributed by atoms with Crippen LogP contribution in [-0.4, -0.2) is 13.6 Å². The molecule has 3 nitrogen and oxygen atoms in total. The second kappa shape index (κ2) is 4.37. The Labute approximate surface area is 101 Å². The average Bonchev–Trinajstić information content (AvgIpc) is 1.60. The van der Waals surface area contributed by atoms with E-state index in [1.54, 1.807) is 0 Å². The molecule has 0 aliphatic carbocycles. The predicted molar refractivity (Wildman–Crippen MR) is 65.0 cm³/mol. The van der Waals surface area contributed by atoms with E-state index in [2.05, 4.69) is 11.3 Å². The van der Waals surface area contributed by atoms with Crippen LogP contribution in [0.25, 0.3) is 0 Å². The van der Waals surface area contributed by atoms with Crippen LogP contribution in [0.2, 0.25) is 0 Å². The first-order valence-electron chi connectivity index (χ1n) is 2.00. The molecule has 0 N–H and O–H groups in total. The summed E-state index contributed by atoms with van der Waals surface area (Å²) >= 11 is 6.03. The Bertz CT molecular complexity index is 192. The maximum atomic E-state index is 10.7. The van der Waals surface area contributed by atoms with Crippen LogP contribution in [0.5, 0.6) is 0 Å². The molecule has 7 heteroatoms. The van der Waals surface area contributed by atoms with Crippen LogP contribution in [-0.2, 0) is 14.3 Å². The Morgan fingerprint density at radius 2 is 1.80 bits per heavy atom. The summed E-state index contributed by atoms with van der Waals surface area (Å²) in [5.74, 6) is -0.0365. The second-order valence-corrected chi connectivity index (χ2v) is 14.8. The predicted octanol–water partition coefficient (Wildman–Crippen LogP) is 2.08. The van der Waals surface area contributed by atoms with Crippen LogP contribution in [0.1, 0.15) is 0 Å². The SMILES string of the molecule is [CH2]OS(=O)(=O)CC(I)(I)I. The van der Waals surface area contributed by atoms with Crippen molar-refractivity contribution < 1.29 is 12.6 Å². The molecule has 0 rings (SSSR count). The Kier molecular flexibility index (Phi) is 5.29. The molecule has 0 saturated carbocycles. The molecule has 10 heavy (non-hydrogen) atoms. The third-order valence-electron chi connectivity index (χ3n) is 0.520. The minimum absolute atomic E-state index is 0.0365. The third kappa shape index (κ3) is 6.79. The van der Waals surface area contributed by atoms with Gasteiger partial charge in [0.1, 0.15) is 5.19 Å². The largest absolute Gasteiger partial charge is 0.270 e. The highest BCUT2D eigenvalue weighted by Crippen LogP contribution is 2.36. The van der Waals surface area contributed by atoms with E-state index < -0.39 is 10.1 Å². The van der Waals surface area contributed by atoms with Gasteiger partial charge in [0, 0.05) is 0 Å². The Morgan fingerprint density at radius 3 is 1.90 bits per heavy atom. The van der Waals surface area contributed by atoms with E-state index >= 15 is 0 Å². The van der Waals surface area contributed by atoms with Crippen molar-refractivity contribution in [1.29, 1.82) is 0 Å². The summed E-state index contributed by atoms with van der Waals surface area (Å²) in [7, 11) is -0.567. The minimum atomic E-state index is -3.41. The van der Waals surface area contributed by atoms with Crippen molar-refractivity contribution in [3.63, 3.8) is 0 Å². The van der Waals surface area contributed by atoms with E-state index in [0.717, 1.165) is 0 Å². The van der Waals surface area contributed by atoms with Gasteiger partial charge in [-0.15, -0.1) is 0 Å². The standard InChI is InChI=1S/C3H4I3O3S/c1-9-10(7,8)2-3(4,5)6/h1-2H2. The van der Waals surface area contributed by atoms with Gasteiger partial charge >= 0.3 is 0 Å². The van der Waals surface area contributed by atoms with E-state index in [9.17, 15) is 8.42 Å².